The van der Waals surface area contributed by atoms with Gasteiger partial charge in [0.2, 0.25) is 0 Å². The molecule has 1 saturated carbocycles. The summed E-state index contributed by atoms with van der Waals surface area (Å²) in [6.45, 7) is 1.89. The predicted octanol–water partition coefficient (Wildman–Crippen LogP) is 3.90. The van der Waals surface area contributed by atoms with Gasteiger partial charge in [0, 0.05) is 29.2 Å². The molecule has 1 aliphatic rings. The zero-order valence-corrected chi connectivity index (χ0v) is 11.7. The zero-order chi connectivity index (χ0) is 14.3. The van der Waals surface area contributed by atoms with Crippen LogP contribution in [0.25, 0.3) is 11.3 Å². The molecule has 0 bridgehead atoms. The first kappa shape index (κ1) is 12.9. The number of nitro groups is 1. The maximum Gasteiger partial charge on any atom is 0.270 e. The van der Waals surface area contributed by atoms with Gasteiger partial charge >= 0.3 is 0 Å². The number of nitrogens with one attached hydrogen (secondary N) is 1. The molecular formula is C14H13N3O2S. The molecule has 0 spiro atoms. The van der Waals surface area contributed by atoms with E-state index >= 15 is 0 Å². The molecule has 1 fully saturated rings. The molecule has 0 unspecified atom stereocenters. The quantitative estimate of drug-likeness (QED) is 0.528. The van der Waals surface area contributed by atoms with E-state index in [1.54, 1.807) is 12.1 Å². The summed E-state index contributed by atoms with van der Waals surface area (Å²) in [5.74, 6) is 1.34. The Morgan fingerprint density at radius 2 is 2.20 bits per heavy atom. The Labute approximate surface area is 120 Å². The van der Waals surface area contributed by atoms with Crippen LogP contribution in [0, 0.1) is 21.7 Å². The summed E-state index contributed by atoms with van der Waals surface area (Å²) in [4.78, 5) is 18.2. The van der Waals surface area contributed by atoms with Crippen LogP contribution in [0.5, 0.6) is 0 Å². The summed E-state index contributed by atoms with van der Waals surface area (Å²) in [6.07, 6.45) is 2.24. The summed E-state index contributed by atoms with van der Waals surface area (Å²) >= 11 is 5.29. The second-order valence-electron chi connectivity index (χ2n) is 5.01. The molecular weight excluding hydrogens is 274 g/mol. The van der Waals surface area contributed by atoms with E-state index in [-0.39, 0.29) is 5.69 Å². The summed E-state index contributed by atoms with van der Waals surface area (Å²) in [6, 6.07) is 6.57. The topological polar surface area (TPSA) is 71.8 Å². The first-order chi connectivity index (χ1) is 9.56. The van der Waals surface area contributed by atoms with Gasteiger partial charge in [-0.15, -0.1) is 0 Å². The average molecular weight is 287 g/mol. The Hall–Kier alpha value is -2.08. The molecule has 1 aromatic heterocycles. The fourth-order valence-corrected chi connectivity index (χ4v) is 2.36. The van der Waals surface area contributed by atoms with Crippen LogP contribution in [0.15, 0.2) is 24.3 Å². The average Bonchev–Trinajstić information content (AvgIpc) is 3.26. The number of hydrogen-bond acceptors (Lipinski definition) is 4. The van der Waals surface area contributed by atoms with Gasteiger partial charge in [-0.1, -0.05) is 24.4 Å². The minimum atomic E-state index is -0.392. The molecule has 2 aromatic rings. The standard InChI is InChI=1S/C14H13N3O2S/c1-8-12(10-3-2-4-11(7-10)17(18)19)15-13(9-5-6-9)16-14(8)20/h2-4,7,9H,5-6H2,1H3,(H,15,16,20). The number of benzene rings is 1. The molecule has 3 rings (SSSR count). The van der Waals surface area contributed by atoms with E-state index < -0.39 is 4.92 Å². The van der Waals surface area contributed by atoms with Crippen LogP contribution < -0.4 is 0 Å². The van der Waals surface area contributed by atoms with Crippen molar-refractivity contribution in [3.63, 3.8) is 0 Å². The molecule has 0 radical (unpaired) electrons. The smallest absolute Gasteiger partial charge is 0.270 e. The van der Waals surface area contributed by atoms with E-state index in [1.165, 1.54) is 6.07 Å². The molecule has 0 amide bonds. The summed E-state index contributed by atoms with van der Waals surface area (Å²) in [5.41, 5.74) is 2.53. The normalized spacial score (nSPS) is 14.2. The van der Waals surface area contributed by atoms with Gasteiger partial charge in [-0.25, -0.2) is 4.98 Å². The highest BCUT2D eigenvalue weighted by atomic mass is 32.1. The Morgan fingerprint density at radius 3 is 2.85 bits per heavy atom. The van der Waals surface area contributed by atoms with Crippen molar-refractivity contribution in [3.05, 3.63) is 50.4 Å². The van der Waals surface area contributed by atoms with Crippen LogP contribution >= 0.6 is 12.2 Å². The van der Waals surface area contributed by atoms with Crippen LogP contribution in [0.1, 0.15) is 30.1 Å². The predicted molar refractivity (Wildman–Crippen MR) is 78.2 cm³/mol. The highest BCUT2D eigenvalue weighted by Gasteiger charge is 2.26. The SMILES string of the molecule is Cc1c(-c2cccc([N+](=O)[O-])c2)[nH]c(C2CC2)nc1=S. The Morgan fingerprint density at radius 1 is 1.45 bits per heavy atom. The fourth-order valence-electron chi connectivity index (χ4n) is 2.16. The number of aromatic nitrogens is 2. The van der Waals surface area contributed by atoms with E-state index in [0.29, 0.717) is 10.6 Å². The van der Waals surface area contributed by atoms with Crippen molar-refractivity contribution in [2.45, 2.75) is 25.7 Å². The maximum atomic E-state index is 10.9. The first-order valence-corrected chi connectivity index (χ1v) is 6.82. The lowest BCUT2D eigenvalue weighted by molar-refractivity contribution is -0.384. The van der Waals surface area contributed by atoms with Gasteiger partial charge in [0.15, 0.2) is 0 Å². The van der Waals surface area contributed by atoms with E-state index in [9.17, 15) is 10.1 Å². The van der Waals surface area contributed by atoms with E-state index in [4.69, 9.17) is 12.2 Å². The molecule has 0 atom stereocenters. The van der Waals surface area contributed by atoms with Crippen LogP contribution in [0.2, 0.25) is 0 Å². The van der Waals surface area contributed by atoms with Gasteiger partial charge in [-0.2, -0.15) is 0 Å². The lowest BCUT2D eigenvalue weighted by Gasteiger charge is -2.09. The molecule has 5 nitrogen and oxygen atoms in total. The summed E-state index contributed by atoms with van der Waals surface area (Å²) in [7, 11) is 0. The first-order valence-electron chi connectivity index (χ1n) is 6.42. The van der Waals surface area contributed by atoms with Crippen LogP contribution in [-0.4, -0.2) is 14.9 Å². The second kappa shape index (κ2) is 4.79. The summed E-state index contributed by atoms with van der Waals surface area (Å²) in [5, 5.41) is 10.9. The van der Waals surface area contributed by atoms with E-state index in [1.807, 2.05) is 13.0 Å². The maximum absolute atomic E-state index is 10.9. The lowest BCUT2D eigenvalue weighted by atomic mass is 10.1. The van der Waals surface area contributed by atoms with Gasteiger partial charge in [0.05, 0.1) is 10.6 Å². The van der Waals surface area contributed by atoms with Gasteiger partial charge in [-0.05, 0) is 19.8 Å². The molecule has 1 aromatic carbocycles. The highest BCUT2D eigenvalue weighted by molar-refractivity contribution is 7.71. The number of non-ortho nitro benzene ring substituents is 1. The lowest BCUT2D eigenvalue weighted by Crippen LogP contribution is -1.99. The fraction of sp³-hybridized carbons (Fsp3) is 0.286. The largest absolute Gasteiger partial charge is 0.343 e. The van der Waals surface area contributed by atoms with Crippen molar-refractivity contribution in [2.75, 3.05) is 0 Å². The molecule has 1 heterocycles. The molecule has 6 heteroatoms. The van der Waals surface area contributed by atoms with Crippen LogP contribution in [0.3, 0.4) is 0 Å². The Balaban J connectivity index is 2.15. The number of aromatic amines is 1. The van der Waals surface area contributed by atoms with Gasteiger partial charge in [-0.3, -0.25) is 10.1 Å². The van der Waals surface area contributed by atoms with E-state index in [2.05, 4.69) is 9.97 Å². The Bertz CT molecular complexity index is 750. The molecule has 1 N–H and O–H groups in total. The third-order valence-corrected chi connectivity index (χ3v) is 3.88. The third kappa shape index (κ3) is 2.34. The van der Waals surface area contributed by atoms with E-state index in [0.717, 1.165) is 35.5 Å². The number of rotatable bonds is 3. The number of nitro benzene ring substituents is 1. The minimum Gasteiger partial charge on any atom is -0.343 e. The van der Waals surface area contributed by atoms with Crippen molar-refractivity contribution >= 4 is 17.9 Å². The van der Waals surface area contributed by atoms with Crippen molar-refractivity contribution in [1.29, 1.82) is 0 Å². The van der Waals surface area contributed by atoms with Crippen molar-refractivity contribution in [1.82, 2.24) is 9.97 Å². The van der Waals surface area contributed by atoms with Crippen LogP contribution in [-0.2, 0) is 0 Å². The number of nitrogens with zero attached hydrogens (tertiary/aromatic N) is 2. The highest BCUT2D eigenvalue weighted by Crippen LogP contribution is 2.39. The number of H-pyrrole nitrogens is 1. The monoisotopic (exact) mass is 287 g/mol. The molecule has 20 heavy (non-hydrogen) atoms. The second-order valence-corrected chi connectivity index (χ2v) is 5.40. The summed E-state index contributed by atoms with van der Waals surface area (Å²) < 4.78 is 0.562. The van der Waals surface area contributed by atoms with Gasteiger partial charge in [0.1, 0.15) is 10.5 Å². The zero-order valence-electron chi connectivity index (χ0n) is 10.9. The number of hydrogen-bond donors (Lipinski definition) is 1. The molecule has 0 aliphatic heterocycles. The van der Waals surface area contributed by atoms with Crippen molar-refractivity contribution < 1.29 is 4.92 Å². The van der Waals surface area contributed by atoms with Crippen molar-refractivity contribution in [2.24, 2.45) is 0 Å². The minimum absolute atomic E-state index is 0.0750. The molecule has 0 saturated heterocycles. The Kier molecular flexibility index (Phi) is 3.10. The van der Waals surface area contributed by atoms with Crippen LogP contribution in [0.4, 0.5) is 5.69 Å². The molecule has 1 aliphatic carbocycles. The third-order valence-electron chi connectivity index (χ3n) is 3.48. The van der Waals surface area contributed by atoms with Gasteiger partial charge < -0.3 is 4.98 Å². The molecule has 102 valence electrons. The van der Waals surface area contributed by atoms with Crippen molar-refractivity contribution in [3.8, 4) is 11.3 Å². The van der Waals surface area contributed by atoms with Gasteiger partial charge in [0.25, 0.3) is 5.69 Å².